The minimum atomic E-state index is -3.76. The first-order chi connectivity index (χ1) is 8.99. The van der Waals surface area contributed by atoms with Gasteiger partial charge in [0.25, 0.3) is 10.0 Å². The van der Waals surface area contributed by atoms with Gasteiger partial charge in [-0.05, 0) is 32.6 Å². The quantitative estimate of drug-likeness (QED) is 0.920. The lowest BCUT2D eigenvalue weighted by Crippen LogP contribution is -2.15. The van der Waals surface area contributed by atoms with E-state index in [1.807, 2.05) is 0 Å². The summed E-state index contributed by atoms with van der Waals surface area (Å²) in [6.07, 6.45) is 3.55. The van der Waals surface area contributed by atoms with Crippen molar-refractivity contribution in [2.45, 2.75) is 37.5 Å². The van der Waals surface area contributed by atoms with E-state index >= 15 is 0 Å². The van der Waals surface area contributed by atoms with Gasteiger partial charge in [0.05, 0.1) is 0 Å². The number of nitrogens with zero attached hydrogens (tertiary/aromatic N) is 2. The van der Waals surface area contributed by atoms with E-state index in [4.69, 9.17) is 9.05 Å². The van der Waals surface area contributed by atoms with Gasteiger partial charge in [-0.1, -0.05) is 10.3 Å². The minimum absolute atomic E-state index is 0.0530. The van der Waals surface area contributed by atoms with E-state index in [2.05, 4.69) is 15.0 Å². The molecular weight excluding hydrogens is 270 g/mol. The van der Waals surface area contributed by atoms with Crippen LogP contribution in [0.3, 0.4) is 0 Å². The Balaban J connectivity index is 1.96. The molecule has 1 N–H and O–H groups in total. The summed E-state index contributed by atoms with van der Waals surface area (Å²) in [5.41, 5.74) is 1.12. The third-order valence-corrected chi connectivity index (χ3v) is 4.66. The molecule has 2 aromatic heterocycles. The summed E-state index contributed by atoms with van der Waals surface area (Å²) < 4.78 is 36.8. The zero-order valence-electron chi connectivity index (χ0n) is 10.5. The second-order valence-electron chi connectivity index (χ2n) is 4.65. The normalized spacial score (nSPS) is 15.7. The van der Waals surface area contributed by atoms with Crippen LogP contribution in [0.2, 0.25) is 0 Å². The molecule has 0 amide bonds. The van der Waals surface area contributed by atoms with Crippen LogP contribution in [0.5, 0.6) is 0 Å². The van der Waals surface area contributed by atoms with E-state index in [-0.39, 0.29) is 16.5 Å². The van der Waals surface area contributed by atoms with Crippen molar-refractivity contribution >= 4 is 15.8 Å². The number of sulfonamides is 1. The monoisotopic (exact) mass is 283 g/mol. The van der Waals surface area contributed by atoms with Gasteiger partial charge in [-0.15, -0.1) is 0 Å². The highest BCUT2D eigenvalue weighted by Gasteiger charge is 2.32. The number of anilines is 1. The predicted octanol–water partition coefficient (Wildman–Crippen LogP) is 1.96. The van der Waals surface area contributed by atoms with Gasteiger partial charge in [0.1, 0.15) is 12.0 Å². The van der Waals surface area contributed by atoms with E-state index < -0.39 is 10.0 Å². The van der Waals surface area contributed by atoms with Gasteiger partial charge in [-0.3, -0.25) is 4.72 Å². The van der Waals surface area contributed by atoms with Crippen molar-refractivity contribution in [3.05, 3.63) is 23.3 Å². The highest BCUT2D eigenvalue weighted by atomic mass is 32.2. The lowest BCUT2D eigenvalue weighted by molar-refractivity contribution is 0.390. The summed E-state index contributed by atoms with van der Waals surface area (Å²) >= 11 is 0. The van der Waals surface area contributed by atoms with Crippen LogP contribution in [-0.2, 0) is 10.0 Å². The summed E-state index contributed by atoms with van der Waals surface area (Å²) in [6, 6.07) is 0. The maximum absolute atomic E-state index is 12.3. The molecule has 102 valence electrons. The van der Waals surface area contributed by atoms with Gasteiger partial charge >= 0.3 is 0 Å². The second-order valence-corrected chi connectivity index (χ2v) is 6.27. The summed E-state index contributed by atoms with van der Waals surface area (Å²) in [5, 5.41) is 7.36. The van der Waals surface area contributed by atoms with E-state index in [1.165, 1.54) is 6.26 Å². The first-order valence-corrected chi connectivity index (χ1v) is 7.37. The van der Waals surface area contributed by atoms with Crippen LogP contribution in [0.4, 0.5) is 5.82 Å². The largest absolute Gasteiger partial charge is 0.362 e. The first kappa shape index (κ1) is 12.2. The van der Waals surface area contributed by atoms with Crippen molar-refractivity contribution in [1.29, 1.82) is 0 Å². The molecule has 3 rings (SSSR count). The van der Waals surface area contributed by atoms with Crippen molar-refractivity contribution in [2.24, 2.45) is 0 Å². The molecule has 0 bridgehead atoms. The predicted molar refractivity (Wildman–Crippen MR) is 65.3 cm³/mol. The molecule has 0 spiro atoms. The van der Waals surface area contributed by atoms with E-state index in [9.17, 15) is 8.42 Å². The zero-order valence-corrected chi connectivity index (χ0v) is 11.3. The van der Waals surface area contributed by atoms with Crippen LogP contribution in [0.25, 0.3) is 0 Å². The van der Waals surface area contributed by atoms with Crippen LogP contribution < -0.4 is 4.72 Å². The number of aromatic nitrogens is 2. The molecular formula is C11H13N3O4S. The Labute approximate surface area is 110 Å². The zero-order chi connectivity index (χ0) is 13.6. The Kier molecular flexibility index (Phi) is 2.63. The van der Waals surface area contributed by atoms with E-state index in [1.54, 1.807) is 13.8 Å². The molecule has 0 aliphatic heterocycles. The Bertz CT molecular complexity index is 693. The minimum Gasteiger partial charge on any atom is -0.362 e. The van der Waals surface area contributed by atoms with E-state index in [0.717, 1.165) is 18.4 Å². The summed E-state index contributed by atoms with van der Waals surface area (Å²) in [4.78, 5) is 0.0530. The molecule has 2 aromatic rings. The van der Waals surface area contributed by atoms with Crippen LogP contribution in [-0.4, -0.2) is 18.7 Å². The van der Waals surface area contributed by atoms with Gasteiger partial charge in [-0.2, -0.15) is 0 Å². The smallest absolute Gasteiger partial charge is 0.268 e. The van der Waals surface area contributed by atoms with Crippen molar-refractivity contribution in [3.8, 4) is 0 Å². The number of nitrogens with one attached hydrogen (secondary N) is 1. The average molecular weight is 283 g/mol. The Morgan fingerprint density at radius 3 is 2.63 bits per heavy atom. The first-order valence-electron chi connectivity index (χ1n) is 5.89. The highest BCUT2D eigenvalue weighted by Crippen LogP contribution is 2.43. The number of aryl methyl sites for hydroxylation is 2. The Morgan fingerprint density at radius 2 is 2.05 bits per heavy atom. The number of hydrogen-bond donors (Lipinski definition) is 1. The lowest BCUT2D eigenvalue weighted by atomic mass is 10.2. The fourth-order valence-electron chi connectivity index (χ4n) is 2.04. The molecule has 1 aliphatic rings. The molecule has 7 nitrogen and oxygen atoms in total. The van der Waals surface area contributed by atoms with Crippen molar-refractivity contribution < 1.29 is 17.5 Å². The molecule has 0 radical (unpaired) electrons. The molecule has 1 aliphatic carbocycles. The number of hydrogen-bond acceptors (Lipinski definition) is 6. The lowest BCUT2D eigenvalue weighted by Gasteiger charge is -2.05. The maximum atomic E-state index is 12.3. The van der Waals surface area contributed by atoms with Crippen molar-refractivity contribution in [2.75, 3.05) is 4.72 Å². The molecule has 0 aromatic carbocycles. The molecule has 1 saturated carbocycles. The average Bonchev–Trinajstić information content (AvgIpc) is 2.98. The SMILES string of the molecule is Cc1noc(C)c1S(=O)(=O)Nc1nocc1C1CC1. The van der Waals surface area contributed by atoms with Crippen LogP contribution in [0.15, 0.2) is 20.2 Å². The highest BCUT2D eigenvalue weighted by molar-refractivity contribution is 7.92. The van der Waals surface area contributed by atoms with Crippen molar-refractivity contribution in [1.82, 2.24) is 10.3 Å². The van der Waals surface area contributed by atoms with Gasteiger partial charge < -0.3 is 9.05 Å². The van der Waals surface area contributed by atoms with Crippen LogP contribution >= 0.6 is 0 Å². The molecule has 1 fully saturated rings. The Morgan fingerprint density at radius 1 is 1.32 bits per heavy atom. The van der Waals surface area contributed by atoms with Gasteiger partial charge in [-0.25, -0.2) is 8.42 Å². The summed E-state index contributed by atoms with van der Waals surface area (Å²) in [5.74, 6) is 0.845. The molecule has 0 saturated heterocycles. The summed E-state index contributed by atoms with van der Waals surface area (Å²) in [7, 11) is -3.76. The van der Waals surface area contributed by atoms with Crippen LogP contribution in [0, 0.1) is 13.8 Å². The van der Waals surface area contributed by atoms with Crippen molar-refractivity contribution in [3.63, 3.8) is 0 Å². The number of rotatable bonds is 4. The van der Waals surface area contributed by atoms with Crippen LogP contribution in [0.1, 0.15) is 35.8 Å². The second kappa shape index (κ2) is 4.09. The third kappa shape index (κ3) is 2.12. The molecule has 8 heteroatoms. The topological polar surface area (TPSA) is 98.2 Å². The Hall–Kier alpha value is -1.83. The van der Waals surface area contributed by atoms with Gasteiger partial charge in [0.2, 0.25) is 0 Å². The molecule has 19 heavy (non-hydrogen) atoms. The fourth-order valence-corrected chi connectivity index (χ4v) is 3.40. The molecule has 2 heterocycles. The van der Waals surface area contributed by atoms with E-state index in [0.29, 0.717) is 11.6 Å². The van der Waals surface area contributed by atoms with Gasteiger partial charge in [0, 0.05) is 5.56 Å². The van der Waals surface area contributed by atoms with Gasteiger partial charge in [0.15, 0.2) is 16.5 Å². The third-order valence-electron chi connectivity index (χ3n) is 3.08. The molecule has 0 atom stereocenters. The fraction of sp³-hybridized carbons (Fsp3) is 0.455. The molecule has 0 unspecified atom stereocenters. The summed E-state index contributed by atoms with van der Waals surface area (Å²) in [6.45, 7) is 3.13. The standard InChI is InChI=1S/C11H13N3O4S/c1-6-10(7(2)18-12-6)19(15,16)14-11-9(5-17-13-11)8-3-4-8/h5,8H,3-4H2,1-2H3,(H,13,14). The maximum Gasteiger partial charge on any atom is 0.268 e.